The molecule has 0 amide bonds. The Balaban J connectivity index is 2.79. The van der Waals surface area contributed by atoms with Crippen LogP contribution in [0, 0.1) is 0 Å². The molecular weight excluding hydrogens is 318 g/mol. The van der Waals surface area contributed by atoms with Crippen LogP contribution >= 0.6 is 0 Å². The predicted molar refractivity (Wildman–Crippen MR) is 76.1 cm³/mol. The van der Waals surface area contributed by atoms with E-state index in [-0.39, 0.29) is 11.1 Å². The molecule has 6 heteroatoms. The van der Waals surface area contributed by atoms with Crippen LogP contribution in [0.15, 0.2) is 72.6 Å². The van der Waals surface area contributed by atoms with Gasteiger partial charge in [0.25, 0.3) is 6.08 Å². The average Bonchev–Trinajstić information content (AvgIpc) is 2.52. The van der Waals surface area contributed by atoms with Crippen LogP contribution < -0.4 is 0 Å². The number of hydrogen-bond acceptors (Lipinski definition) is 0. The van der Waals surface area contributed by atoms with Crippen molar-refractivity contribution in [1.82, 2.24) is 0 Å². The van der Waals surface area contributed by atoms with Crippen LogP contribution in [0.2, 0.25) is 0 Å². The molecule has 0 unspecified atom stereocenters. The minimum atomic E-state index is -5.37. The molecule has 0 radical (unpaired) electrons. The second-order valence-electron chi connectivity index (χ2n) is 4.55. The van der Waals surface area contributed by atoms with E-state index in [0.717, 1.165) is 12.1 Å². The van der Waals surface area contributed by atoms with Gasteiger partial charge < -0.3 is 0 Å². The SMILES string of the molecule is FC(F)=C(/C(=C(\F)C(F)(F)F)c1ccccc1)c1ccccc1. The van der Waals surface area contributed by atoms with E-state index in [1.54, 1.807) is 0 Å². The summed E-state index contributed by atoms with van der Waals surface area (Å²) in [5, 5.41) is 0. The van der Waals surface area contributed by atoms with Gasteiger partial charge in [-0.2, -0.15) is 22.0 Å². The molecule has 0 nitrogen and oxygen atoms in total. The fraction of sp³-hybridized carbons (Fsp3) is 0.0588. The molecule has 2 aromatic rings. The van der Waals surface area contributed by atoms with Gasteiger partial charge in [-0.25, -0.2) is 4.39 Å². The summed E-state index contributed by atoms with van der Waals surface area (Å²) in [7, 11) is 0. The van der Waals surface area contributed by atoms with Gasteiger partial charge in [-0.1, -0.05) is 60.7 Å². The fourth-order valence-electron chi connectivity index (χ4n) is 2.08. The largest absolute Gasteiger partial charge is 0.443 e. The highest BCUT2D eigenvalue weighted by atomic mass is 19.4. The smallest absolute Gasteiger partial charge is 0.201 e. The zero-order valence-corrected chi connectivity index (χ0v) is 11.5. The molecule has 0 spiro atoms. The molecule has 2 rings (SSSR count). The Bertz CT molecular complexity index is 723. The van der Waals surface area contributed by atoms with Crippen LogP contribution in [0.5, 0.6) is 0 Å². The first-order valence-corrected chi connectivity index (χ1v) is 6.46. The van der Waals surface area contributed by atoms with Crippen LogP contribution in [0.4, 0.5) is 26.3 Å². The third-order valence-electron chi connectivity index (χ3n) is 3.03. The first kappa shape index (κ1) is 16.9. The van der Waals surface area contributed by atoms with Gasteiger partial charge in [0.15, 0.2) is 0 Å². The number of allylic oxidation sites excluding steroid dienone is 3. The Morgan fingerprint density at radius 1 is 0.609 bits per heavy atom. The molecule has 0 aliphatic rings. The van der Waals surface area contributed by atoms with Crippen molar-refractivity contribution in [3.63, 3.8) is 0 Å². The Labute approximate surface area is 128 Å². The average molecular weight is 328 g/mol. The Kier molecular flexibility index (Phi) is 4.93. The quantitative estimate of drug-likeness (QED) is 0.462. The summed E-state index contributed by atoms with van der Waals surface area (Å²) in [6.07, 6.45) is -7.77. The topological polar surface area (TPSA) is 0 Å². The molecular formula is C17H10F6. The molecule has 23 heavy (non-hydrogen) atoms. The van der Waals surface area contributed by atoms with E-state index in [4.69, 9.17) is 0 Å². The van der Waals surface area contributed by atoms with Crippen molar-refractivity contribution in [2.45, 2.75) is 6.18 Å². The zero-order valence-electron chi connectivity index (χ0n) is 11.5. The van der Waals surface area contributed by atoms with Gasteiger partial charge in [0.1, 0.15) is 0 Å². The van der Waals surface area contributed by atoms with Crippen molar-refractivity contribution in [3.8, 4) is 0 Å². The van der Waals surface area contributed by atoms with E-state index in [1.807, 2.05) is 0 Å². The lowest BCUT2D eigenvalue weighted by atomic mass is 9.92. The summed E-state index contributed by atoms with van der Waals surface area (Å²) in [4.78, 5) is 0. The molecule has 0 aliphatic heterocycles. The molecule has 0 fully saturated rings. The van der Waals surface area contributed by atoms with E-state index < -0.39 is 29.2 Å². The molecule has 0 aliphatic carbocycles. The summed E-state index contributed by atoms with van der Waals surface area (Å²) in [5.41, 5.74) is -2.74. The molecule has 0 saturated carbocycles. The predicted octanol–water partition coefficient (Wildman–Crippen LogP) is 6.24. The highest BCUT2D eigenvalue weighted by Gasteiger charge is 2.39. The molecule has 0 bridgehead atoms. The maximum absolute atomic E-state index is 13.9. The van der Waals surface area contributed by atoms with E-state index in [9.17, 15) is 26.3 Å². The van der Waals surface area contributed by atoms with Crippen molar-refractivity contribution in [3.05, 3.63) is 83.7 Å². The maximum atomic E-state index is 13.9. The van der Waals surface area contributed by atoms with Crippen LogP contribution in [0.3, 0.4) is 0 Å². The lowest BCUT2D eigenvalue weighted by Gasteiger charge is -2.15. The van der Waals surface area contributed by atoms with Crippen molar-refractivity contribution in [2.24, 2.45) is 0 Å². The van der Waals surface area contributed by atoms with E-state index in [1.165, 1.54) is 48.5 Å². The second-order valence-corrected chi connectivity index (χ2v) is 4.55. The second kappa shape index (κ2) is 6.73. The Hall–Kier alpha value is -2.50. The molecule has 2 aromatic carbocycles. The Morgan fingerprint density at radius 3 is 1.35 bits per heavy atom. The van der Waals surface area contributed by atoms with Crippen LogP contribution in [0.1, 0.15) is 11.1 Å². The highest BCUT2D eigenvalue weighted by Crippen LogP contribution is 2.42. The van der Waals surface area contributed by atoms with E-state index in [0.29, 0.717) is 0 Å². The highest BCUT2D eigenvalue weighted by molar-refractivity contribution is 6.06. The van der Waals surface area contributed by atoms with Gasteiger partial charge in [-0.15, -0.1) is 0 Å². The van der Waals surface area contributed by atoms with Gasteiger partial charge in [0.2, 0.25) is 5.83 Å². The van der Waals surface area contributed by atoms with Crippen LogP contribution in [0.25, 0.3) is 11.1 Å². The molecule has 0 heterocycles. The first-order chi connectivity index (χ1) is 10.8. The molecule has 120 valence electrons. The van der Waals surface area contributed by atoms with Crippen molar-refractivity contribution >= 4 is 11.1 Å². The van der Waals surface area contributed by atoms with Crippen molar-refractivity contribution in [1.29, 1.82) is 0 Å². The van der Waals surface area contributed by atoms with Crippen molar-refractivity contribution < 1.29 is 26.3 Å². The van der Waals surface area contributed by atoms with Gasteiger partial charge in [-0.3, -0.25) is 0 Å². The first-order valence-electron chi connectivity index (χ1n) is 6.46. The standard InChI is InChI=1S/C17H10F6/c18-15(17(21,22)23)13(11-7-3-1-4-8-11)14(16(19)20)12-9-5-2-6-10-12/h1-10H/b15-13-. The normalized spacial score (nSPS) is 12.6. The van der Waals surface area contributed by atoms with Crippen molar-refractivity contribution in [2.75, 3.05) is 0 Å². The van der Waals surface area contributed by atoms with Crippen LogP contribution in [-0.4, -0.2) is 6.18 Å². The Morgan fingerprint density at radius 2 is 1.00 bits per heavy atom. The van der Waals surface area contributed by atoms with Gasteiger partial charge in [0, 0.05) is 5.57 Å². The zero-order chi connectivity index (χ0) is 17.0. The lowest BCUT2D eigenvalue weighted by Crippen LogP contribution is -2.11. The third-order valence-corrected chi connectivity index (χ3v) is 3.03. The number of halogens is 6. The lowest BCUT2D eigenvalue weighted by molar-refractivity contribution is -0.107. The van der Waals surface area contributed by atoms with E-state index in [2.05, 4.69) is 0 Å². The number of rotatable bonds is 3. The van der Waals surface area contributed by atoms with Gasteiger partial charge in [-0.05, 0) is 11.1 Å². The fourth-order valence-corrected chi connectivity index (χ4v) is 2.08. The summed E-state index contributed by atoms with van der Waals surface area (Å²) < 4.78 is 79.2. The summed E-state index contributed by atoms with van der Waals surface area (Å²) in [6.45, 7) is 0. The molecule has 0 saturated heterocycles. The van der Waals surface area contributed by atoms with Crippen LogP contribution in [-0.2, 0) is 0 Å². The number of benzene rings is 2. The monoisotopic (exact) mass is 328 g/mol. The molecule has 0 atom stereocenters. The van der Waals surface area contributed by atoms with E-state index >= 15 is 0 Å². The molecule has 0 aromatic heterocycles. The summed E-state index contributed by atoms with van der Waals surface area (Å²) in [6, 6.07) is 13.1. The number of hydrogen-bond donors (Lipinski definition) is 0. The minimum Gasteiger partial charge on any atom is -0.201 e. The number of alkyl halides is 3. The maximum Gasteiger partial charge on any atom is 0.443 e. The summed E-state index contributed by atoms with van der Waals surface area (Å²) in [5.74, 6) is -2.56. The minimum absolute atomic E-state index is 0.203. The summed E-state index contributed by atoms with van der Waals surface area (Å²) >= 11 is 0. The van der Waals surface area contributed by atoms with Gasteiger partial charge in [0.05, 0.1) is 5.57 Å². The van der Waals surface area contributed by atoms with Gasteiger partial charge >= 0.3 is 6.18 Å². The molecule has 0 N–H and O–H groups in total. The third kappa shape index (κ3) is 3.83.